The van der Waals surface area contributed by atoms with Crippen molar-refractivity contribution in [1.82, 2.24) is 5.32 Å². The van der Waals surface area contributed by atoms with Crippen molar-refractivity contribution in [3.63, 3.8) is 0 Å². The Labute approximate surface area is 123 Å². The molecule has 2 N–H and O–H groups in total. The van der Waals surface area contributed by atoms with Crippen LogP contribution in [0.1, 0.15) is 24.8 Å². The summed E-state index contributed by atoms with van der Waals surface area (Å²) in [5, 5.41) is 12.3. The number of para-hydroxylation sites is 1. The van der Waals surface area contributed by atoms with Crippen LogP contribution < -0.4 is 10.2 Å². The number of nitrogens with one attached hydrogen (secondary N) is 1. The fourth-order valence-corrected chi connectivity index (χ4v) is 3.43. The Morgan fingerprint density at radius 1 is 1.33 bits per heavy atom. The van der Waals surface area contributed by atoms with Gasteiger partial charge in [-0.2, -0.15) is 0 Å². The van der Waals surface area contributed by atoms with Crippen LogP contribution in [0.2, 0.25) is 0 Å². The van der Waals surface area contributed by atoms with Crippen LogP contribution in [0.15, 0.2) is 24.3 Å². The molecule has 2 heterocycles. The lowest BCUT2D eigenvalue weighted by atomic mass is 9.96. The molecule has 0 bridgehead atoms. The Morgan fingerprint density at radius 3 is 2.76 bits per heavy atom. The van der Waals surface area contributed by atoms with Crippen molar-refractivity contribution in [1.29, 1.82) is 0 Å². The van der Waals surface area contributed by atoms with Crippen molar-refractivity contribution in [3.05, 3.63) is 29.8 Å². The van der Waals surface area contributed by atoms with Gasteiger partial charge in [-0.05, 0) is 24.1 Å². The number of carbonyl (C=O) groups excluding carboxylic acids is 1. The third-order valence-corrected chi connectivity index (χ3v) is 4.59. The molecule has 5 heteroatoms. The molecule has 1 fully saturated rings. The van der Waals surface area contributed by atoms with Gasteiger partial charge >= 0.3 is 5.97 Å². The van der Waals surface area contributed by atoms with Gasteiger partial charge in [0.1, 0.15) is 0 Å². The van der Waals surface area contributed by atoms with E-state index in [1.54, 1.807) is 4.90 Å². The van der Waals surface area contributed by atoms with E-state index in [9.17, 15) is 9.59 Å². The van der Waals surface area contributed by atoms with Gasteiger partial charge in [0, 0.05) is 24.7 Å². The molecule has 1 amide bonds. The number of carboxylic acids is 1. The van der Waals surface area contributed by atoms with Gasteiger partial charge in [0.25, 0.3) is 0 Å². The first-order valence-electron chi connectivity index (χ1n) is 7.40. The van der Waals surface area contributed by atoms with Gasteiger partial charge in [-0.3, -0.25) is 9.59 Å². The maximum Gasteiger partial charge on any atom is 0.304 e. The Bertz CT molecular complexity index is 572. The number of aliphatic carboxylic acids is 1. The van der Waals surface area contributed by atoms with E-state index in [1.807, 2.05) is 24.3 Å². The van der Waals surface area contributed by atoms with Crippen LogP contribution in [0, 0.1) is 11.8 Å². The van der Waals surface area contributed by atoms with Gasteiger partial charge in [-0.15, -0.1) is 0 Å². The summed E-state index contributed by atoms with van der Waals surface area (Å²) < 4.78 is 0. The summed E-state index contributed by atoms with van der Waals surface area (Å²) in [7, 11) is 0. The summed E-state index contributed by atoms with van der Waals surface area (Å²) in [5.74, 6) is -0.495. The topological polar surface area (TPSA) is 69.6 Å². The Hall–Kier alpha value is -1.88. The van der Waals surface area contributed by atoms with Crippen LogP contribution in [0.25, 0.3) is 0 Å². The molecule has 2 aliphatic rings. The van der Waals surface area contributed by atoms with E-state index in [4.69, 9.17) is 5.11 Å². The molecule has 21 heavy (non-hydrogen) atoms. The highest BCUT2D eigenvalue weighted by Crippen LogP contribution is 2.39. The van der Waals surface area contributed by atoms with Crippen LogP contribution in [0.5, 0.6) is 0 Å². The molecule has 0 aliphatic carbocycles. The third kappa shape index (κ3) is 2.53. The summed E-state index contributed by atoms with van der Waals surface area (Å²) in [6.07, 6.45) is 0.0687. The Balaban J connectivity index is 1.87. The van der Waals surface area contributed by atoms with Gasteiger partial charge in [0.05, 0.1) is 12.3 Å². The minimum atomic E-state index is -0.819. The lowest BCUT2D eigenvalue weighted by Gasteiger charge is -2.23. The predicted molar refractivity (Wildman–Crippen MR) is 79.3 cm³/mol. The highest BCUT2D eigenvalue weighted by atomic mass is 16.4. The van der Waals surface area contributed by atoms with Crippen molar-refractivity contribution in [3.8, 4) is 0 Å². The SMILES string of the molecule is CC1CNCC1C(=O)N1CC(CC(=O)O)c2ccccc21. The molecule has 0 saturated carbocycles. The van der Waals surface area contributed by atoms with Crippen molar-refractivity contribution in [2.75, 3.05) is 24.5 Å². The van der Waals surface area contributed by atoms with Gasteiger partial charge in [-0.25, -0.2) is 0 Å². The standard InChI is InChI=1S/C16H20N2O3/c1-10-7-17-8-13(10)16(21)18-9-11(6-15(19)20)12-4-2-3-5-14(12)18/h2-5,10-11,13,17H,6-9H2,1H3,(H,19,20). The highest BCUT2D eigenvalue weighted by molar-refractivity contribution is 5.98. The maximum atomic E-state index is 12.8. The number of rotatable bonds is 3. The lowest BCUT2D eigenvalue weighted by molar-refractivity contribution is -0.137. The number of carboxylic acid groups (broad SMARTS) is 1. The van der Waals surface area contributed by atoms with E-state index < -0.39 is 5.97 Å². The lowest BCUT2D eigenvalue weighted by Crippen LogP contribution is -2.38. The zero-order chi connectivity index (χ0) is 15.0. The minimum Gasteiger partial charge on any atom is -0.481 e. The van der Waals surface area contributed by atoms with Crippen LogP contribution in [-0.2, 0) is 9.59 Å². The number of anilines is 1. The highest BCUT2D eigenvalue weighted by Gasteiger charge is 2.39. The molecule has 0 radical (unpaired) electrons. The summed E-state index contributed by atoms with van der Waals surface area (Å²) in [4.78, 5) is 25.6. The van der Waals surface area contributed by atoms with Crippen molar-refractivity contribution in [2.45, 2.75) is 19.3 Å². The number of amides is 1. The molecule has 1 aromatic rings. The average molecular weight is 288 g/mol. The normalized spacial score (nSPS) is 27.7. The second kappa shape index (κ2) is 5.48. The third-order valence-electron chi connectivity index (χ3n) is 4.59. The largest absolute Gasteiger partial charge is 0.481 e. The summed E-state index contributed by atoms with van der Waals surface area (Å²) >= 11 is 0. The zero-order valence-electron chi connectivity index (χ0n) is 12.1. The van der Waals surface area contributed by atoms with Gasteiger partial charge in [-0.1, -0.05) is 25.1 Å². The molecule has 112 valence electrons. The number of hydrogen-bond acceptors (Lipinski definition) is 3. The number of benzene rings is 1. The van der Waals surface area contributed by atoms with E-state index in [-0.39, 0.29) is 24.2 Å². The summed E-state index contributed by atoms with van der Waals surface area (Å²) in [6.45, 7) is 4.14. The van der Waals surface area contributed by atoms with Gasteiger partial charge in [0.15, 0.2) is 0 Å². The van der Waals surface area contributed by atoms with Crippen LogP contribution in [0.3, 0.4) is 0 Å². The zero-order valence-corrected chi connectivity index (χ0v) is 12.1. The monoisotopic (exact) mass is 288 g/mol. The molecular weight excluding hydrogens is 268 g/mol. The Kier molecular flexibility index (Phi) is 3.68. The molecule has 3 atom stereocenters. The second-order valence-corrected chi connectivity index (χ2v) is 6.04. The first-order chi connectivity index (χ1) is 10.1. The molecule has 1 saturated heterocycles. The van der Waals surface area contributed by atoms with E-state index in [0.717, 1.165) is 17.8 Å². The quantitative estimate of drug-likeness (QED) is 0.883. The minimum absolute atomic E-state index is 0.0124. The second-order valence-electron chi connectivity index (χ2n) is 6.04. The average Bonchev–Trinajstić information content (AvgIpc) is 3.02. The van der Waals surface area contributed by atoms with Crippen LogP contribution in [0.4, 0.5) is 5.69 Å². The van der Waals surface area contributed by atoms with Crippen LogP contribution in [-0.4, -0.2) is 36.6 Å². The number of nitrogens with zero attached hydrogens (tertiary/aromatic N) is 1. The number of carbonyl (C=O) groups is 2. The number of hydrogen-bond donors (Lipinski definition) is 2. The molecule has 3 unspecified atom stereocenters. The molecule has 0 aromatic heterocycles. The van der Waals surface area contributed by atoms with E-state index >= 15 is 0 Å². The van der Waals surface area contributed by atoms with Gasteiger partial charge < -0.3 is 15.3 Å². The molecular formula is C16H20N2O3. The smallest absolute Gasteiger partial charge is 0.304 e. The summed E-state index contributed by atoms with van der Waals surface area (Å²) in [5.41, 5.74) is 1.86. The molecule has 3 rings (SSSR count). The van der Waals surface area contributed by atoms with Crippen molar-refractivity contribution >= 4 is 17.6 Å². The van der Waals surface area contributed by atoms with Crippen molar-refractivity contribution < 1.29 is 14.7 Å². The Morgan fingerprint density at radius 2 is 2.10 bits per heavy atom. The first-order valence-corrected chi connectivity index (χ1v) is 7.40. The first kappa shape index (κ1) is 14.1. The fourth-order valence-electron chi connectivity index (χ4n) is 3.43. The van der Waals surface area contributed by atoms with E-state index in [2.05, 4.69) is 12.2 Å². The van der Waals surface area contributed by atoms with Crippen LogP contribution >= 0.6 is 0 Å². The van der Waals surface area contributed by atoms with E-state index in [1.165, 1.54) is 0 Å². The molecule has 2 aliphatic heterocycles. The molecule has 1 aromatic carbocycles. The molecule has 0 spiro atoms. The summed E-state index contributed by atoms with van der Waals surface area (Å²) in [6, 6.07) is 7.66. The fraction of sp³-hybridized carbons (Fsp3) is 0.500. The van der Waals surface area contributed by atoms with E-state index in [0.29, 0.717) is 19.0 Å². The predicted octanol–water partition coefficient (Wildman–Crippen LogP) is 1.45. The molecule has 5 nitrogen and oxygen atoms in total. The van der Waals surface area contributed by atoms with Crippen molar-refractivity contribution in [2.24, 2.45) is 11.8 Å². The van der Waals surface area contributed by atoms with Gasteiger partial charge in [0.2, 0.25) is 5.91 Å². The maximum absolute atomic E-state index is 12.8. The number of fused-ring (bicyclic) bond motifs is 1.